The Morgan fingerprint density at radius 3 is 3.06 bits per heavy atom. The molecule has 1 atom stereocenters. The third kappa shape index (κ3) is 2.64. The number of rotatable bonds is 5. The van der Waals surface area contributed by atoms with Crippen LogP contribution >= 0.6 is 11.3 Å². The van der Waals surface area contributed by atoms with Crippen LogP contribution < -0.4 is 5.32 Å². The van der Waals surface area contributed by atoms with E-state index >= 15 is 0 Å². The Hall–Kier alpha value is -0.410. The molecule has 0 bridgehead atoms. The average Bonchev–Trinajstić information content (AvgIpc) is 2.69. The van der Waals surface area contributed by atoms with Crippen LogP contribution in [0.25, 0.3) is 0 Å². The van der Waals surface area contributed by atoms with Crippen molar-refractivity contribution < 1.29 is 0 Å². The summed E-state index contributed by atoms with van der Waals surface area (Å²) >= 11 is 1.96. The zero-order valence-corrected chi connectivity index (χ0v) is 11.2. The van der Waals surface area contributed by atoms with E-state index in [1.165, 1.54) is 36.4 Å². The van der Waals surface area contributed by atoms with Gasteiger partial charge in [-0.15, -0.1) is 11.3 Å². The van der Waals surface area contributed by atoms with Crippen LogP contribution in [-0.4, -0.2) is 18.1 Å². The maximum absolute atomic E-state index is 4.85. The normalized spacial score (nSPS) is 19.8. The molecule has 90 valence electrons. The lowest BCUT2D eigenvalue weighted by molar-refractivity contribution is 0.508. The summed E-state index contributed by atoms with van der Waals surface area (Å²) in [5.74, 6) is 0.672. The first kappa shape index (κ1) is 12.1. The summed E-state index contributed by atoms with van der Waals surface area (Å²) in [6, 6.07) is 0. The Morgan fingerprint density at radius 2 is 2.31 bits per heavy atom. The van der Waals surface area contributed by atoms with Gasteiger partial charge in [-0.2, -0.15) is 0 Å². The largest absolute Gasteiger partial charge is 0.316 e. The van der Waals surface area contributed by atoms with Crippen molar-refractivity contribution in [2.75, 3.05) is 13.1 Å². The second-order valence-electron chi connectivity index (χ2n) is 4.56. The molecule has 1 aromatic heterocycles. The van der Waals surface area contributed by atoms with Gasteiger partial charge in [0, 0.05) is 17.3 Å². The average molecular weight is 238 g/mol. The molecule has 0 spiro atoms. The van der Waals surface area contributed by atoms with Crippen LogP contribution in [-0.2, 0) is 12.8 Å². The van der Waals surface area contributed by atoms with E-state index in [1.54, 1.807) is 4.88 Å². The molecule has 1 N–H and O–H groups in total. The Bertz CT molecular complexity index is 333. The maximum atomic E-state index is 4.85. The Balaban J connectivity index is 2.10. The van der Waals surface area contributed by atoms with Crippen molar-refractivity contribution in [2.24, 2.45) is 0 Å². The van der Waals surface area contributed by atoms with Crippen LogP contribution in [0.15, 0.2) is 0 Å². The van der Waals surface area contributed by atoms with Gasteiger partial charge in [0.2, 0.25) is 0 Å². The summed E-state index contributed by atoms with van der Waals surface area (Å²) in [6.45, 7) is 6.58. The first-order chi connectivity index (χ1) is 7.85. The summed E-state index contributed by atoms with van der Waals surface area (Å²) in [6.07, 6.45) is 6.29. The first-order valence-corrected chi connectivity index (χ1v) is 7.36. The van der Waals surface area contributed by atoms with Crippen molar-refractivity contribution in [3.8, 4) is 0 Å². The summed E-state index contributed by atoms with van der Waals surface area (Å²) < 4.78 is 0. The summed E-state index contributed by atoms with van der Waals surface area (Å²) in [4.78, 5) is 6.42. The Labute approximate surface area is 102 Å². The summed E-state index contributed by atoms with van der Waals surface area (Å²) in [5, 5.41) is 4.82. The molecule has 1 heterocycles. The minimum atomic E-state index is 0.672. The fourth-order valence-corrected chi connectivity index (χ4v) is 3.69. The molecule has 1 aliphatic carbocycles. The van der Waals surface area contributed by atoms with E-state index < -0.39 is 0 Å². The quantitative estimate of drug-likeness (QED) is 0.852. The fourth-order valence-electron chi connectivity index (χ4n) is 2.40. The monoisotopic (exact) mass is 238 g/mol. The predicted octanol–water partition coefficient (Wildman–Crippen LogP) is 3.13. The van der Waals surface area contributed by atoms with Crippen molar-refractivity contribution in [1.82, 2.24) is 10.3 Å². The molecule has 2 nitrogen and oxygen atoms in total. The lowest BCUT2D eigenvalue weighted by atomic mass is 9.91. The van der Waals surface area contributed by atoms with Crippen molar-refractivity contribution >= 4 is 11.3 Å². The SMILES string of the molecule is CCCc1nc2c(s1)CCCC2CNCC. The number of fused-ring (bicyclic) bond motifs is 1. The fraction of sp³-hybridized carbons (Fsp3) is 0.769. The van der Waals surface area contributed by atoms with E-state index in [9.17, 15) is 0 Å². The van der Waals surface area contributed by atoms with Gasteiger partial charge in [-0.3, -0.25) is 0 Å². The van der Waals surface area contributed by atoms with Gasteiger partial charge in [-0.05, 0) is 38.6 Å². The van der Waals surface area contributed by atoms with Crippen LogP contribution in [0.3, 0.4) is 0 Å². The highest BCUT2D eigenvalue weighted by Crippen LogP contribution is 2.34. The number of likely N-dealkylation sites (N-methyl/N-ethyl adjacent to an activating group) is 1. The standard InChI is InChI=1S/C13H22N2S/c1-3-6-12-15-13-10(9-14-4-2)7-5-8-11(13)16-12/h10,14H,3-9H2,1-2H3. The molecule has 3 heteroatoms. The molecular weight excluding hydrogens is 216 g/mol. The van der Waals surface area contributed by atoms with Gasteiger partial charge in [0.15, 0.2) is 0 Å². The van der Waals surface area contributed by atoms with Gasteiger partial charge in [0.25, 0.3) is 0 Å². The van der Waals surface area contributed by atoms with E-state index in [0.717, 1.165) is 19.5 Å². The van der Waals surface area contributed by atoms with Gasteiger partial charge in [0.05, 0.1) is 10.7 Å². The van der Waals surface area contributed by atoms with E-state index in [-0.39, 0.29) is 0 Å². The van der Waals surface area contributed by atoms with Crippen molar-refractivity contribution in [3.63, 3.8) is 0 Å². The van der Waals surface area contributed by atoms with E-state index in [4.69, 9.17) is 4.98 Å². The number of aromatic nitrogens is 1. The molecule has 0 amide bonds. The maximum Gasteiger partial charge on any atom is 0.0931 e. The molecule has 0 saturated carbocycles. The molecule has 1 aliphatic rings. The highest BCUT2D eigenvalue weighted by Gasteiger charge is 2.23. The summed E-state index contributed by atoms with van der Waals surface area (Å²) in [7, 11) is 0. The van der Waals surface area contributed by atoms with Crippen LogP contribution in [0.4, 0.5) is 0 Å². The molecule has 16 heavy (non-hydrogen) atoms. The number of hydrogen-bond donors (Lipinski definition) is 1. The number of nitrogens with zero attached hydrogens (tertiary/aromatic N) is 1. The minimum Gasteiger partial charge on any atom is -0.316 e. The number of hydrogen-bond acceptors (Lipinski definition) is 3. The lowest BCUT2D eigenvalue weighted by Gasteiger charge is -2.21. The van der Waals surface area contributed by atoms with E-state index in [0.29, 0.717) is 5.92 Å². The number of nitrogens with one attached hydrogen (secondary N) is 1. The predicted molar refractivity (Wildman–Crippen MR) is 70.3 cm³/mol. The molecule has 0 aliphatic heterocycles. The Kier molecular flexibility index (Phi) is 4.36. The minimum absolute atomic E-state index is 0.672. The molecule has 0 aromatic carbocycles. The van der Waals surface area contributed by atoms with Gasteiger partial charge in [0.1, 0.15) is 0 Å². The van der Waals surface area contributed by atoms with Crippen molar-refractivity contribution in [2.45, 2.75) is 51.9 Å². The van der Waals surface area contributed by atoms with Gasteiger partial charge in [-0.1, -0.05) is 13.8 Å². The third-order valence-corrected chi connectivity index (χ3v) is 4.41. The molecule has 0 saturated heterocycles. The van der Waals surface area contributed by atoms with Crippen LogP contribution in [0.5, 0.6) is 0 Å². The van der Waals surface area contributed by atoms with Crippen LogP contribution in [0, 0.1) is 0 Å². The highest BCUT2D eigenvalue weighted by atomic mass is 32.1. The third-order valence-electron chi connectivity index (χ3n) is 3.22. The van der Waals surface area contributed by atoms with Crippen LogP contribution in [0.2, 0.25) is 0 Å². The topological polar surface area (TPSA) is 24.9 Å². The van der Waals surface area contributed by atoms with Gasteiger partial charge >= 0.3 is 0 Å². The second-order valence-corrected chi connectivity index (χ2v) is 5.73. The van der Waals surface area contributed by atoms with Crippen molar-refractivity contribution in [3.05, 3.63) is 15.6 Å². The zero-order valence-electron chi connectivity index (χ0n) is 10.4. The van der Waals surface area contributed by atoms with Crippen molar-refractivity contribution in [1.29, 1.82) is 0 Å². The van der Waals surface area contributed by atoms with Gasteiger partial charge < -0.3 is 5.32 Å². The lowest BCUT2D eigenvalue weighted by Crippen LogP contribution is -2.24. The smallest absolute Gasteiger partial charge is 0.0931 e. The molecule has 1 unspecified atom stereocenters. The van der Waals surface area contributed by atoms with E-state index in [2.05, 4.69) is 19.2 Å². The summed E-state index contributed by atoms with van der Waals surface area (Å²) in [5.41, 5.74) is 1.42. The number of thiazole rings is 1. The molecule has 0 radical (unpaired) electrons. The molecule has 2 rings (SSSR count). The molecule has 0 fully saturated rings. The molecular formula is C13H22N2S. The second kappa shape index (κ2) is 5.78. The molecule has 1 aromatic rings. The Morgan fingerprint density at radius 1 is 1.44 bits per heavy atom. The van der Waals surface area contributed by atoms with Gasteiger partial charge in [-0.25, -0.2) is 4.98 Å². The number of aryl methyl sites for hydroxylation is 2. The zero-order chi connectivity index (χ0) is 11.4. The van der Waals surface area contributed by atoms with Crippen LogP contribution in [0.1, 0.15) is 54.6 Å². The first-order valence-electron chi connectivity index (χ1n) is 6.54. The highest BCUT2D eigenvalue weighted by molar-refractivity contribution is 7.11. The van der Waals surface area contributed by atoms with E-state index in [1.807, 2.05) is 11.3 Å².